The number of anilines is 1. The van der Waals surface area contributed by atoms with Gasteiger partial charge in [-0.3, -0.25) is 9.48 Å². The molecule has 1 unspecified atom stereocenters. The van der Waals surface area contributed by atoms with Crippen LogP contribution in [0, 0.1) is 0 Å². The first-order chi connectivity index (χ1) is 13.0. The standard InChI is InChI=1S/C20H24FN5O/c1-3-20(27)26-8-4-14(12-26)17-11-22-19(25-9-5-15(21)13-25)10-16(17)18-6-7-24(2)23-18/h3,6-7,10-11,14-15H,1,4-5,8-9,12-13H2,2H3/t14?,15-/m0/s1. The minimum Gasteiger partial charge on any atom is -0.354 e. The Morgan fingerprint density at radius 2 is 2.19 bits per heavy atom. The van der Waals surface area contributed by atoms with Crippen LogP contribution in [0.1, 0.15) is 24.3 Å². The van der Waals surface area contributed by atoms with Crippen LogP contribution in [0.15, 0.2) is 37.2 Å². The van der Waals surface area contributed by atoms with Crippen molar-refractivity contribution in [3.05, 3.63) is 42.7 Å². The molecule has 2 saturated heterocycles. The van der Waals surface area contributed by atoms with Crippen molar-refractivity contribution in [3.63, 3.8) is 0 Å². The number of carbonyl (C=O) groups excluding carboxylic acids is 1. The molecule has 2 fully saturated rings. The van der Waals surface area contributed by atoms with E-state index in [4.69, 9.17) is 0 Å². The Morgan fingerprint density at radius 1 is 1.33 bits per heavy atom. The predicted octanol–water partition coefficient (Wildman–Crippen LogP) is 2.53. The lowest BCUT2D eigenvalue weighted by Crippen LogP contribution is -2.26. The quantitative estimate of drug-likeness (QED) is 0.777. The van der Waals surface area contributed by atoms with Crippen LogP contribution in [0.5, 0.6) is 0 Å². The Morgan fingerprint density at radius 3 is 2.85 bits per heavy atom. The number of halogens is 1. The maximum absolute atomic E-state index is 13.6. The number of aromatic nitrogens is 3. The molecule has 0 aliphatic carbocycles. The van der Waals surface area contributed by atoms with Crippen LogP contribution in [-0.4, -0.2) is 57.9 Å². The van der Waals surface area contributed by atoms with E-state index in [-0.39, 0.29) is 11.8 Å². The number of alkyl halides is 1. The lowest BCUT2D eigenvalue weighted by Gasteiger charge is -2.21. The van der Waals surface area contributed by atoms with Gasteiger partial charge in [-0.05, 0) is 36.6 Å². The van der Waals surface area contributed by atoms with Crippen LogP contribution >= 0.6 is 0 Å². The van der Waals surface area contributed by atoms with E-state index in [1.54, 1.807) is 4.68 Å². The minimum absolute atomic E-state index is 0.0347. The average molecular weight is 369 g/mol. The molecule has 6 nitrogen and oxygen atoms in total. The van der Waals surface area contributed by atoms with Gasteiger partial charge < -0.3 is 9.80 Å². The third-order valence-corrected chi connectivity index (χ3v) is 5.48. The highest BCUT2D eigenvalue weighted by atomic mass is 19.1. The Kier molecular flexibility index (Phi) is 4.68. The summed E-state index contributed by atoms with van der Waals surface area (Å²) < 4.78 is 15.4. The Bertz CT molecular complexity index is 864. The molecule has 2 aliphatic rings. The summed E-state index contributed by atoms with van der Waals surface area (Å²) in [7, 11) is 1.89. The average Bonchev–Trinajstić information content (AvgIpc) is 3.41. The van der Waals surface area contributed by atoms with E-state index in [0.29, 0.717) is 32.6 Å². The molecule has 2 atom stereocenters. The molecule has 7 heteroatoms. The summed E-state index contributed by atoms with van der Waals surface area (Å²) in [6.45, 7) is 6.02. The maximum atomic E-state index is 13.6. The number of nitrogens with zero attached hydrogens (tertiary/aromatic N) is 5. The highest BCUT2D eigenvalue weighted by molar-refractivity contribution is 5.87. The fourth-order valence-corrected chi connectivity index (χ4v) is 4.00. The molecular formula is C20H24FN5O. The first-order valence-electron chi connectivity index (χ1n) is 9.35. The molecule has 4 rings (SSSR count). The van der Waals surface area contributed by atoms with E-state index in [0.717, 1.165) is 29.1 Å². The molecule has 2 aromatic heterocycles. The highest BCUT2D eigenvalue weighted by Gasteiger charge is 2.30. The molecule has 27 heavy (non-hydrogen) atoms. The molecule has 2 aliphatic heterocycles. The van der Waals surface area contributed by atoms with Gasteiger partial charge in [0.15, 0.2) is 0 Å². The largest absolute Gasteiger partial charge is 0.354 e. The van der Waals surface area contributed by atoms with Crippen molar-refractivity contribution in [1.82, 2.24) is 19.7 Å². The third kappa shape index (κ3) is 3.46. The molecule has 4 heterocycles. The van der Waals surface area contributed by atoms with E-state index >= 15 is 0 Å². The second kappa shape index (κ2) is 7.13. The molecule has 0 N–H and O–H groups in total. The smallest absolute Gasteiger partial charge is 0.245 e. The number of carbonyl (C=O) groups is 1. The second-order valence-electron chi connectivity index (χ2n) is 7.31. The zero-order valence-electron chi connectivity index (χ0n) is 15.5. The SMILES string of the molecule is C=CC(=O)N1CCC(c2cnc(N3CC[C@H](F)C3)cc2-c2ccn(C)n2)C1. The monoisotopic (exact) mass is 369 g/mol. The van der Waals surface area contributed by atoms with Crippen LogP contribution in [0.25, 0.3) is 11.3 Å². The Balaban J connectivity index is 1.68. The summed E-state index contributed by atoms with van der Waals surface area (Å²) >= 11 is 0. The minimum atomic E-state index is -0.793. The van der Waals surface area contributed by atoms with Crippen molar-refractivity contribution in [3.8, 4) is 11.3 Å². The molecule has 0 aromatic carbocycles. The van der Waals surface area contributed by atoms with Gasteiger partial charge in [-0.15, -0.1) is 0 Å². The summed E-state index contributed by atoms with van der Waals surface area (Å²) in [4.78, 5) is 20.4. The molecule has 0 radical (unpaired) electrons. The first-order valence-corrected chi connectivity index (χ1v) is 9.35. The van der Waals surface area contributed by atoms with E-state index in [1.807, 2.05) is 41.4 Å². The number of hydrogen-bond donors (Lipinski definition) is 0. The normalized spacial score (nSPS) is 22.4. The van der Waals surface area contributed by atoms with E-state index in [2.05, 4.69) is 16.7 Å². The van der Waals surface area contributed by atoms with E-state index in [9.17, 15) is 9.18 Å². The van der Waals surface area contributed by atoms with Crippen molar-refractivity contribution in [1.29, 1.82) is 0 Å². The fraction of sp³-hybridized carbons (Fsp3) is 0.450. The Labute approximate surface area is 158 Å². The van der Waals surface area contributed by atoms with Crippen molar-refractivity contribution >= 4 is 11.7 Å². The van der Waals surface area contributed by atoms with Gasteiger partial charge in [0.1, 0.15) is 12.0 Å². The van der Waals surface area contributed by atoms with Gasteiger partial charge in [-0.25, -0.2) is 9.37 Å². The molecule has 0 bridgehead atoms. The summed E-state index contributed by atoms with van der Waals surface area (Å²) in [5, 5.41) is 4.57. The molecule has 2 aromatic rings. The number of hydrogen-bond acceptors (Lipinski definition) is 4. The van der Waals surface area contributed by atoms with Crippen LogP contribution in [-0.2, 0) is 11.8 Å². The Hall–Kier alpha value is -2.70. The zero-order valence-corrected chi connectivity index (χ0v) is 15.5. The van der Waals surface area contributed by atoms with Gasteiger partial charge in [0.25, 0.3) is 0 Å². The maximum Gasteiger partial charge on any atom is 0.245 e. The van der Waals surface area contributed by atoms with Gasteiger partial charge >= 0.3 is 0 Å². The van der Waals surface area contributed by atoms with Crippen molar-refractivity contribution in [2.24, 2.45) is 7.05 Å². The van der Waals surface area contributed by atoms with Crippen molar-refractivity contribution in [2.45, 2.75) is 24.9 Å². The van der Waals surface area contributed by atoms with E-state index < -0.39 is 6.17 Å². The summed E-state index contributed by atoms with van der Waals surface area (Å²) in [6.07, 6.45) is 5.80. The topological polar surface area (TPSA) is 54.3 Å². The molecule has 0 spiro atoms. The highest BCUT2D eigenvalue weighted by Crippen LogP contribution is 2.36. The van der Waals surface area contributed by atoms with Crippen LogP contribution in [0.4, 0.5) is 10.2 Å². The predicted molar refractivity (Wildman–Crippen MR) is 102 cm³/mol. The third-order valence-electron chi connectivity index (χ3n) is 5.48. The number of likely N-dealkylation sites (tertiary alicyclic amines) is 1. The van der Waals surface area contributed by atoms with Gasteiger partial charge in [0, 0.05) is 50.6 Å². The fourth-order valence-electron chi connectivity index (χ4n) is 4.00. The molecule has 0 saturated carbocycles. The van der Waals surface area contributed by atoms with Crippen LogP contribution in [0.2, 0.25) is 0 Å². The van der Waals surface area contributed by atoms with E-state index in [1.165, 1.54) is 6.08 Å². The second-order valence-corrected chi connectivity index (χ2v) is 7.31. The lowest BCUT2D eigenvalue weighted by molar-refractivity contribution is -0.125. The molecular weight excluding hydrogens is 345 g/mol. The van der Waals surface area contributed by atoms with Crippen LogP contribution in [0.3, 0.4) is 0 Å². The van der Waals surface area contributed by atoms with Gasteiger partial charge in [-0.1, -0.05) is 6.58 Å². The van der Waals surface area contributed by atoms with Crippen LogP contribution < -0.4 is 4.90 Å². The van der Waals surface area contributed by atoms with Crippen molar-refractivity contribution < 1.29 is 9.18 Å². The lowest BCUT2D eigenvalue weighted by atomic mass is 9.93. The summed E-state index contributed by atoms with van der Waals surface area (Å²) in [5.41, 5.74) is 2.98. The first kappa shape index (κ1) is 17.7. The van der Waals surface area contributed by atoms with Gasteiger partial charge in [-0.2, -0.15) is 5.10 Å². The summed E-state index contributed by atoms with van der Waals surface area (Å²) in [6, 6.07) is 4.00. The number of amides is 1. The summed E-state index contributed by atoms with van der Waals surface area (Å²) in [5.74, 6) is 0.962. The molecule has 1 amide bonds. The molecule has 142 valence electrons. The zero-order chi connectivity index (χ0) is 19.0. The number of pyridine rings is 1. The van der Waals surface area contributed by atoms with Gasteiger partial charge in [0.05, 0.1) is 12.2 Å². The van der Waals surface area contributed by atoms with Gasteiger partial charge in [0.2, 0.25) is 5.91 Å². The number of aryl methyl sites for hydroxylation is 1. The number of rotatable bonds is 4. The van der Waals surface area contributed by atoms with Crippen molar-refractivity contribution in [2.75, 3.05) is 31.1 Å².